The highest BCUT2D eigenvalue weighted by Crippen LogP contribution is 2.20. The fourth-order valence-electron chi connectivity index (χ4n) is 2.81. The van der Waals surface area contributed by atoms with Gasteiger partial charge in [-0.05, 0) is 58.0 Å². The summed E-state index contributed by atoms with van der Waals surface area (Å²) in [6, 6.07) is 6.04. The van der Waals surface area contributed by atoms with Crippen LogP contribution in [-0.2, 0) is 4.79 Å². The molecule has 1 fully saturated rings. The van der Waals surface area contributed by atoms with Crippen LogP contribution in [0.25, 0.3) is 0 Å². The topological polar surface area (TPSA) is 44.8 Å². The number of carbonyl (C=O) groups excluding carboxylic acids is 1. The number of likely N-dealkylation sites (N-methyl/N-ethyl adjacent to an activating group) is 1. The van der Waals surface area contributed by atoms with Gasteiger partial charge in [-0.15, -0.1) is 0 Å². The molecule has 24 heavy (non-hydrogen) atoms. The van der Waals surface area contributed by atoms with Crippen LogP contribution in [0.15, 0.2) is 18.2 Å². The molecule has 0 bridgehead atoms. The fraction of sp³-hybridized carbons (Fsp3) is 0.632. The quantitative estimate of drug-likeness (QED) is 0.773. The molecule has 5 nitrogen and oxygen atoms in total. The highest BCUT2D eigenvalue weighted by molar-refractivity contribution is 5.80. The van der Waals surface area contributed by atoms with Crippen molar-refractivity contribution < 1.29 is 9.53 Å². The third-order valence-electron chi connectivity index (χ3n) is 4.56. The van der Waals surface area contributed by atoms with E-state index < -0.39 is 6.10 Å². The van der Waals surface area contributed by atoms with Crippen LogP contribution >= 0.6 is 0 Å². The third-order valence-corrected chi connectivity index (χ3v) is 4.56. The minimum Gasteiger partial charge on any atom is -0.481 e. The Balaban J connectivity index is 1.67. The van der Waals surface area contributed by atoms with E-state index in [4.69, 9.17) is 4.74 Å². The number of hydrogen-bond acceptors (Lipinski definition) is 4. The maximum absolute atomic E-state index is 12.2. The van der Waals surface area contributed by atoms with E-state index in [0.717, 1.165) is 56.0 Å². The van der Waals surface area contributed by atoms with Crippen molar-refractivity contribution in [2.24, 2.45) is 0 Å². The van der Waals surface area contributed by atoms with Gasteiger partial charge in [0, 0.05) is 32.7 Å². The lowest BCUT2D eigenvalue weighted by Crippen LogP contribution is -2.45. The van der Waals surface area contributed by atoms with Crippen LogP contribution in [0, 0.1) is 13.8 Å². The van der Waals surface area contributed by atoms with E-state index in [-0.39, 0.29) is 5.91 Å². The SMILES string of the molecule is Cc1ccc(C)c(O[C@H](C)C(=O)NCCCN2CCN(C)CC2)c1. The molecule has 1 saturated heterocycles. The van der Waals surface area contributed by atoms with E-state index in [1.54, 1.807) is 6.92 Å². The minimum atomic E-state index is -0.478. The first-order chi connectivity index (χ1) is 11.5. The molecule has 0 unspecified atom stereocenters. The number of nitrogens with one attached hydrogen (secondary N) is 1. The van der Waals surface area contributed by atoms with Gasteiger partial charge in [0.15, 0.2) is 6.10 Å². The summed E-state index contributed by atoms with van der Waals surface area (Å²) in [6.45, 7) is 12.1. The summed E-state index contributed by atoms with van der Waals surface area (Å²) in [5, 5.41) is 2.98. The molecule has 1 aromatic carbocycles. The first kappa shape index (κ1) is 18.7. The number of carbonyl (C=O) groups is 1. The van der Waals surface area contributed by atoms with Crippen molar-refractivity contribution in [3.63, 3.8) is 0 Å². The molecule has 1 aromatic rings. The monoisotopic (exact) mass is 333 g/mol. The molecule has 0 spiro atoms. The molecule has 0 saturated carbocycles. The van der Waals surface area contributed by atoms with E-state index in [9.17, 15) is 4.79 Å². The Kier molecular flexibility index (Phi) is 7.06. The molecule has 0 aliphatic carbocycles. The highest BCUT2D eigenvalue weighted by atomic mass is 16.5. The second-order valence-corrected chi connectivity index (χ2v) is 6.82. The smallest absolute Gasteiger partial charge is 0.260 e. The predicted molar refractivity (Wildman–Crippen MR) is 97.6 cm³/mol. The van der Waals surface area contributed by atoms with Crippen molar-refractivity contribution in [1.29, 1.82) is 0 Å². The summed E-state index contributed by atoms with van der Waals surface area (Å²) >= 11 is 0. The molecule has 1 aliphatic heterocycles. The summed E-state index contributed by atoms with van der Waals surface area (Å²) in [4.78, 5) is 17.0. The summed E-state index contributed by atoms with van der Waals surface area (Å²) < 4.78 is 5.82. The molecule has 1 aliphatic rings. The van der Waals surface area contributed by atoms with Crippen LogP contribution in [0.4, 0.5) is 0 Å². The standard InChI is InChI=1S/C19H31N3O2/c1-15-6-7-16(2)18(14-15)24-17(3)19(23)20-8-5-9-22-12-10-21(4)11-13-22/h6-7,14,17H,5,8-13H2,1-4H3,(H,20,23)/t17-/m1/s1. The van der Waals surface area contributed by atoms with Crippen LogP contribution in [0.3, 0.4) is 0 Å². The van der Waals surface area contributed by atoms with Gasteiger partial charge in [-0.25, -0.2) is 0 Å². The Labute approximate surface area is 146 Å². The van der Waals surface area contributed by atoms with Gasteiger partial charge in [0.05, 0.1) is 0 Å². The Hall–Kier alpha value is -1.59. The minimum absolute atomic E-state index is 0.0470. The van der Waals surface area contributed by atoms with Gasteiger partial charge in [0.25, 0.3) is 5.91 Å². The maximum Gasteiger partial charge on any atom is 0.260 e. The molecular weight excluding hydrogens is 302 g/mol. The zero-order chi connectivity index (χ0) is 17.5. The summed E-state index contributed by atoms with van der Waals surface area (Å²) in [5.74, 6) is 0.740. The van der Waals surface area contributed by atoms with Crippen LogP contribution in [0.5, 0.6) is 5.75 Å². The Morgan fingerprint density at radius 3 is 2.67 bits per heavy atom. The van der Waals surface area contributed by atoms with Crippen molar-refractivity contribution in [3.05, 3.63) is 29.3 Å². The van der Waals surface area contributed by atoms with Crippen LogP contribution in [0.1, 0.15) is 24.5 Å². The third kappa shape index (κ3) is 5.80. The largest absolute Gasteiger partial charge is 0.481 e. The maximum atomic E-state index is 12.2. The van der Waals surface area contributed by atoms with Crippen LogP contribution < -0.4 is 10.1 Å². The van der Waals surface area contributed by atoms with Gasteiger partial charge in [0.2, 0.25) is 0 Å². The molecule has 1 amide bonds. The van der Waals surface area contributed by atoms with Crippen molar-refractivity contribution >= 4 is 5.91 Å². The second-order valence-electron chi connectivity index (χ2n) is 6.82. The lowest BCUT2D eigenvalue weighted by atomic mass is 10.1. The lowest BCUT2D eigenvalue weighted by molar-refractivity contribution is -0.127. The molecule has 0 aromatic heterocycles. The number of ether oxygens (including phenoxy) is 1. The Morgan fingerprint density at radius 1 is 1.25 bits per heavy atom. The number of nitrogens with zero attached hydrogens (tertiary/aromatic N) is 2. The van der Waals surface area contributed by atoms with E-state index in [0.29, 0.717) is 6.54 Å². The first-order valence-electron chi connectivity index (χ1n) is 8.88. The number of hydrogen-bond donors (Lipinski definition) is 1. The fourth-order valence-corrected chi connectivity index (χ4v) is 2.81. The summed E-state index contributed by atoms with van der Waals surface area (Å²) in [6.07, 6.45) is 0.500. The Morgan fingerprint density at radius 2 is 1.96 bits per heavy atom. The van der Waals surface area contributed by atoms with Crippen molar-refractivity contribution in [1.82, 2.24) is 15.1 Å². The molecule has 134 valence electrons. The molecule has 1 atom stereocenters. The Bertz CT molecular complexity index is 539. The van der Waals surface area contributed by atoms with E-state index in [2.05, 4.69) is 22.2 Å². The number of rotatable bonds is 7. The van der Waals surface area contributed by atoms with E-state index in [1.165, 1.54) is 0 Å². The predicted octanol–water partition coefficient (Wildman–Crippen LogP) is 1.82. The highest BCUT2D eigenvalue weighted by Gasteiger charge is 2.16. The van der Waals surface area contributed by atoms with Crippen molar-refractivity contribution in [3.8, 4) is 5.75 Å². The van der Waals surface area contributed by atoms with Gasteiger partial charge >= 0.3 is 0 Å². The first-order valence-corrected chi connectivity index (χ1v) is 8.88. The van der Waals surface area contributed by atoms with Gasteiger partial charge in [-0.1, -0.05) is 12.1 Å². The van der Waals surface area contributed by atoms with Gasteiger partial charge in [-0.3, -0.25) is 4.79 Å². The zero-order valence-corrected chi connectivity index (χ0v) is 15.5. The number of benzene rings is 1. The van der Waals surface area contributed by atoms with Crippen molar-refractivity contribution in [2.45, 2.75) is 33.3 Å². The number of amides is 1. The molecule has 1 heterocycles. The number of aryl methyl sites for hydroxylation is 2. The summed E-state index contributed by atoms with van der Waals surface area (Å²) in [5.41, 5.74) is 2.19. The van der Waals surface area contributed by atoms with Gasteiger partial charge in [0.1, 0.15) is 5.75 Å². The molecule has 2 rings (SSSR count). The van der Waals surface area contributed by atoms with Crippen LogP contribution in [0.2, 0.25) is 0 Å². The average molecular weight is 333 g/mol. The van der Waals surface area contributed by atoms with Gasteiger partial charge < -0.3 is 19.9 Å². The number of piperazine rings is 1. The van der Waals surface area contributed by atoms with E-state index in [1.807, 2.05) is 32.0 Å². The average Bonchev–Trinajstić information content (AvgIpc) is 2.56. The normalized spacial score (nSPS) is 17.5. The summed E-state index contributed by atoms with van der Waals surface area (Å²) in [7, 11) is 2.16. The lowest BCUT2D eigenvalue weighted by Gasteiger charge is -2.32. The molecule has 1 N–H and O–H groups in total. The molecular formula is C19H31N3O2. The second kappa shape index (κ2) is 9.04. The van der Waals surface area contributed by atoms with Crippen molar-refractivity contribution in [2.75, 3.05) is 46.3 Å². The molecule has 5 heteroatoms. The van der Waals surface area contributed by atoms with Gasteiger partial charge in [-0.2, -0.15) is 0 Å². The van der Waals surface area contributed by atoms with Crippen LogP contribution in [-0.4, -0.2) is 68.1 Å². The zero-order valence-electron chi connectivity index (χ0n) is 15.5. The molecule has 0 radical (unpaired) electrons. The van der Waals surface area contributed by atoms with E-state index >= 15 is 0 Å².